The van der Waals surface area contributed by atoms with Crippen molar-refractivity contribution in [3.63, 3.8) is 0 Å². The van der Waals surface area contributed by atoms with Crippen LogP contribution < -0.4 is 0 Å². The minimum absolute atomic E-state index is 0.00228. The molecule has 8 unspecified atom stereocenters. The highest BCUT2D eigenvalue weighted by atomic mass is 16.4. The Kier molecular flexibility index (Phi) is 2.51. The van der Waals surface area contributed by atoms with Crippen LogP contribution in [0.5, 0.6) is 0 Å². The second-order valence-electron chi connectivity index (χ2n) is 10.6. The first kappa shape index (κ1) is 15.4. The van der Waals surface area contributed by atoms with Gasteiger partial charge in [0.2, 0.25) is 0 Å². The van der Waals surface area contributed by atoms with E-state index in [9.17, 15) is 19.8 Å². The summed E-state index contributed by atoms with van der Waals surface area (Å²) in [5, 5.41) is 20.3. The molecule has 6 saturated carbocycles. The van der Waals surface area contributed by atoms with E-state index in [2.05, 4.69) is 20.8 Å². The maximum Gasteiger partial charge on any atom is 0.310 e. The van der Waals surface area contributed by atoms with Gasteiger partial charge in [0.05, 0.1) is 5.41 Å². The monoisotopic (exact) mass is 332 g/mol. The van der Waals surface area contributed by atoms with Gasteiger partial charge >= 0.3 is 5.97 Å². The molecule has 0 aliphatic heterocycles. The highest BCUT2D eigenvalue weighted by Crippen LogP contribution is 2.85. The summed E-state index contributed by atoms with van der Waals surface area (Å²) in [6, 6.07) is 0. The fraction of sp³-hybridized carbons (Fsp3) is 0.900. The molecular weight excluding hydrogens is 304 g/mol. The van der Waals surface area contributed by atoms with Crippen molar-refractivity contribution in [3.8, 4) is 0 Å². The molecule has 4 heteroatoms. The smallest absolute Gasteiger partial charge is 0.310 e. The number of carboxylic acids is 1. The van der Waals surface area contributed by atoms with Crippen molar-refractivity contribution in [1.82, 2.24) is 0 Å². The lowest BCUT2D eigenvalue weighted by atomic mass is 9.39. The van der Waals surface area contributed by atoms with Gasteiger partial charge in [0.15, 0.2) is 5.78 Å². The van der Waals surface area contributed by atoms with Crippen molar-refractivity contribution in [1.29, 1.82) is 0 Å². The third-order valence-electron chi connectivity index (χ3n) is 9.58. The second kappa shape index (κ2) is 3.92. The third kappa shape index (κ3) is 1.36. The quantitative estimate of drug-likeness (QED) is 0.774. The number of rotatable bonds is 1. The van der Waals surface area contributed by atoms with Gasteiger partial charge in [-0.1, -0.05) is 20.8 Å². The lowest BCUT2D eigenvalue weighted by Gasteiger charge is -2.65. The number of aliphatic hydroxyl groups is 1. The molecule has 4 nitrogen and oxygen atoms in total. The van der Waals surface area contributed by atoms with Crippen LogP contribution >= 0.6 is 0 Å². The molecule has 0 saturated heterocycles. The molecule has 0 aromatic rings. The predicted molar refractivity (Wildman–Crippen MR) is 87.1 cm³/mol. The Morgan fingerprint density at radius 3 is 2.50 bits per heavy atom. The van der Waals surface area contributed by atoms with Crippen molar-refractivity contribution in [2.75, 3.05) is 0 Å². The van der Waals surface area contributed by atoms with Crippen molar-refractivity contribution < 1.29 is 19.8 Å². The van der Waals surface area contributed by atoms with Gasteiger partial charge in [-0.05, 0) is 66.6 Å². The van der Waals surface area contributed by atoms with Gasteiger partial charge in [0, 0.05) is 11.8 Å². The van der Waals surface area contributed by atoms with Gasteiger partial charge in [-0.2, -0.15) is 0 Å². The maximum absolute atomic E-state index is 12.6. The molecule has 1 spiro atoms. The standard InChI is InChI=1S/C20H28O4/c1-17(2)13-4-5-19-7-11-10(20(11,9-19)16(23)24)6-14(19)18(13,3)8-12(21)15(17)22/h10-11,13-15,22H,4-9H2,1-3H3,(H,23,24). The average Bonchev–Trinajstić information content (AvgIpc) is 3.01. The molecule has 0 heterocycles. The van der Waals surface area contributed by atoms with Crippen LogP contribution in [0, 0.1) is 45.3 Å². The molecule has 0 aromatic heterocycles. The number of carbonyl (C=O) groups excluding carboxylic acids is 1. The highest BCUT2D eigenvalue weighted by molar-refractivity contribution is 5.86. The topological polar surface area (TPSA) is 74.6 Å². The first-order valence-corrected chi connectivity index (χ1v) is 9.54. The number of Topliss-reactive ketones (excluding diaryl/α,β-unsaturated/α-hetero) is 1. The molecular formula is C20H28O4. The highest BCUT2D eigenvalue weighted by Gasteiger charge is 2.83. The number of carbonyl (C=O) groups is 2. The van der Waals surface area contributed by atoms with Crippen LogP contribution in [0.2, 0.25) is 0 Å². The van der Waals surface area contributed by atoms with Crippen molar-refractivity contribution in [3.05, 3.63) is 0 Å². The Morgan fingerprint density at radius 1 is 1.17 bits per heavy atom. The lowest BCUT2D eigenvalue weighted by Crippen LogP contribution is -2.63. The Hall–Kier alpha value is -0.900. The lowest BCUT2D eigenvalue weighted by molar-refractivity contribution is -0.195. The van der Waals surface area contributed by atoms with E-state index < -0.39 is 17.5 Å². The maximum atomic E-state index is 12.6. The number of carboxylic acid groups (broad SMARTS) is 1. The van der Waals surface area contributed by atoms with Crippen LogP contribution in [0.3, 0.4) is 0 Å². The van der Waals surface area contributed by atoms with Gasteiger partial charge in [0.25, 0.3) is 0 Å². The Labute approximate surface area is 143 Å². The Morgan fingerprint density at radius 2 is 1.88 bits per heavy atom. The van der Waals surface area contributed by atoms with Crippen molar-refractivity contribution in [2.24, 2.45) is 45.3 Å². The molecule has 2 N–H and O–H groups in total. The largest absolute Gasteiger partial charge is 0.481 e. The van der Waals surface area contributed by atoms with Gasteiger partial charge in [0.1, 0.15) is 6.10 Å². The van der Waals surface area contributed by atoms with E-state index in [1.807, 2.05) is 0 Å². The van der Waals surface area contributed by atoms with Crippen LogP contribution in [0.15, 0.2) is 0 Å². The summed E-state index contributed by atoms with van der Waals surface area (Å²) in [4.78, 5) is 24.5. The molecule has 6 aliphatic carbocycles. The molecule has 6 aliphatic rings. The normalized spacial score (nSPS) is 59.5. The minimum Gasteiger partial charge on any atom is -0.481 e. The molecule has 0 aromatic carbocycles. The van der Waals surface area contributed by atoms with E-state index in [4.69, 9.17) is 0 Å². The fourth-order valence-electron chi connectivity index (χ4n) is 8.70. The number of hydrogen-bond donors (Lipinski definition) is 2. The summed E-state index contributed by atoms with van der Waals surface area (Å²) in [5.41, 5.74) is -0.731. The number of aliphatic hydroxyl groups excluding tert-OH is 1. The number of hydrogen-bond acceptors (Lipinski definition) is 3. The van der Waals surface area contributed by atoms with Crippen LogP contribution in [-0.4, -0.2) is 28.1 Å². The molecule has 24 heavy (non-hydrogen) atoms. The zero-order valence-electron chi connectivity index (χ0n) is 14.8. The Balaban J connectivity index is 1.56. The van der Waals surface area contributed by atoms with E-state index in [1.54, 1.807) is 0 Å². The van der Waals surface area contributed by atoms with E-state index in [0.29, 0.717) is 30.1 Å². The van der Waals surface area contributed by atoms with Crippen LogP contribution in [-0.2, 0) is 9.59 Å². The van der Waals surface area contributed by atoms with E-state index in [1.165, 1.54) is 0 Å². The van der Waals surface area contributed by atoms with Crippen molar-refractivity contribution >= 4 is 11.8 Å². The van der Waals surface area contributed by atoms with Gasteiger partial charge in [-0.3, -0.25) is 9.59 Å². The number of ketones is 1. The first-order chi connectivity index (χ1) is 11.1. The molecule has 8 atom stereocenters. The third-order valence-corrected chi connectivity index (χ3v) is 9.58. The van der Waals surface area contributed by atoms with E-state index in [-0.39, 0.29) is 22.0 Å². The molecule has 6 fully saturated rings. The summed E-state index contributed by atoms with van der Waals surface area (Å²) in [7, 11) is 0. The molecule has 132 valence electrons. The van der Waals surface area contributed by atoms with Crippen LogP contribution in [0.1, 0.15) is 59.3 Å². The zero-order chi connectivity index (χ0) is 17.3. The van der Waals surface area contributed by atoms with Crippen LogP contribution in [0.4, 0.5) is 0 Å². The van der Waals surface area contributed by atoms with Gasteiger partial charge in [-0.25, -0.2) is 0 Å². The van der Waals surface area contributed by atoms with E-state index >= 15 is 0 Å². The minimum atomic E-state index is -0.846. The number of fused-ring (bicyclic) bond motifs is 1. The number of aliphatic carboxylic acids is 1. The first-order valence-electron chi connectivity index (χ1n) is 9.54. The van der Waals surface area contributed by atoms with Crippen molar-refractivity contribution in [2.45, 2.75) is 65.4 Å². The van der Waals surface area contributed by atoms with Gasteiger partial charge in [-0.15, -0.1) is 0 Å². The summed E-state index contributed by atoms with van der Waals surface area (Å²) >= 11 is 0. The predicted octanol–water partition coefficient (Wildman–Crippen LogP) is 2.88. The second-order valence-corrected chi connectivity index (χ2v) is 10.6. The Bertz CT molecular complexity index is 669. The molecule has 0 amide bonds. The summed E-state index contributed by atoms with van der Waals surface area (Å²) < 4.78 is 0. The SMILES string of the molecule is CC1(C)C(O)C(=O)CC2(C)C3CC4C5CC3(CCC12)CC45C(=O)O. The summed E-state index contributed by atoms with van der Waals surface area (Å²) in [6.07, 6.45) is 4.64. The summed E-state index contributed by atoms with van der Waals surface area (Å²) in [5.74, 6) is 0.957. The van der Waals surface area contributed by atoms with Crippen LogP contribution in [0.25, 0.3) is 0 Å². The van der Waals surface area contributed by atoms with E-state index in [0.717, 1.165) is 32.1 Å². The summed E-state index contributed by atoms with van der Waals surface area (Å²) in [6.45, 7) is 6.39. The molecule has 0 radical (unpaired) electrons. The fourth-order valence-corrected chi connectivity index (χ4v) is 8.70. The molecule has 4 bridgehead atoms. The zero-order valence-corrected chi connectivity index (χ0v) is 14.8. The average molecular weight is 332 g/mol. The molecule has 6 rings (SSSR count). The van der Waals surface area contributed by atoms with Gasteiger partial charge < -0.3 is 10.2 Å².